The van der Waals surface area contributed by atoms with E-state index in [0.717, 1.165) is 11.3 Å². The van der Waals surface area contributed by atoms with Crippen LogP contribution in [-0.4, -0.2) is 21.8 Å². The van der Waals surface area contributed by atoms with E-state index in [9.17, 15) is 9.59 Å². The van der Waals surface area contributed by atoms with Gasteiger partial charge in [-0.3, -0.25) is 9.59 Å². The molecule has 0 aliphatic carbocycles. The van der Waals surface area contributed by atoms with Gasteiger partial charge in [-0.2, -0.15) is 0 Å². The molecule has 0 unspecified atom stereocenters. The molecule has 0 saturated heterocycles. The fourth-order valence-electron chi connectivity index (χ4n) is 2.36. The maximum Gasteiger partial charge on any atom is 0.255 e. The van der Waals surface area contributed by atoms with E-state index in [1.165, 1.54) is 6.07 Å². The second kappa shape index (κ2) is 6.37. The summed E-state index contributed by atoms with van der Waals surface area (Å²) in [6.07, 6.45) is 1.73. The zero-order valence-corrected chi connectivity index (χ0v) is 13.0. The standard InChI is InChI=1S/C18H16N4O2/c1-11-10-20-17(21-11)14-7-2-3-8-15(14)22-18(24)13-6-4-5-12(9-13)16(19)23/h2-10H,1H3,(H2,19,23)(H,20,21)(H,22,24). The van der Waals surface area contributed by atoms with Crippen LogP contribution in [0.25, 0.3) is 11.4 Å². The van der Waals surface area contributed by atoms with Crippen molar-refractivity contribution in [2.24, 2.45) is 5.73 Å². The van der Waals surface area contributed by atoms with Gasteiger partial charge in [0.15, 0.2) is 0 Å². The number of carbonyl (C=O) groups excluding carboxylic acids is 2. The summed E-state index contributed by atoms with van der Waals surface area (Å²) < 4.78 is 0. The van der Waals surface area contributed by atoms with Crippen LogP contribution in [0.1, 0.15) is 26.4 Å². The van der Waals surface area contributed by atoms with Crippen molar-refractivity contribution < 1.29 is 9.59 Å². The topological polar surface area (TPSA) is 101 Å². The van der Waals surface area contributed by atoms with E-state index in [-0.39, 0.29) is 11.5 Å². The number of H-pyrrole nitrogens is 1. The van der Waals surface area contributed by atoms with Crippen molar-refractivity contribution in [3.05, 3.63) is 71.5 Å². The van der Waals surface area contributed by atoms with E-state index >= 15 is 0 Å². The molecule has 0 saturated carbocycles. The molecule has 24 heavy (non-hydrogen) atoms. The molecule has 0 atom stereocenters. The van der Waals surface area contributed by atoms with E-state index in [0.29, 0.717) is 17.1 Å². The van der Waals surface area contributed by atoms with Gasteiger partial charge in [0.1, 0.15) is 5.82 Å². The molecule has 1 heterocycles. The van der Waals surface area contributed by atoms with Crippen molar-refractivity contribution >= 4 is 17.5 Å². The van der Waals surface area contributed by atoms with Crippen molar-refractivity contribution in [1.82, 2.24) is 9.97 Å². The molecule has 6 heteroatoms. The van der Waals surface area contributed by atoms with Gasteiger partial charge in [-0.15, -0.1) is 0 Å². The minimum Gasteiger partial charge on any atom is -0.366 e. The van der Waals surface area contributed by atoms with Gasteiger partial charge in [0.05, 0.1) is 5.69 Å². The van der Waals surface area contributed by atoms with Crippen LogP contribution in [0.5, 0.6) is 0 Å². The molecule has 2 aromatic carbocycles. The monoisotopic (exact) mass is 320 g/mol. The Hall–Kier alpha value is -3.41. The SMILES string of the molecule is Cc1cnc(-c2ccccc2NC(=O)c2cccc(C(N)=O)c2)[nH]1. The number of aryl methyl sites for hydroxylation is 1. The number of para-hydroxylation sites is 1. The van der Waals surface area contributed by atoms with Gasteiger partial charge in [0.2, 0.25) is 5.91 Å². The first-order chi connectivity index (χ1) is 11.5. The highest BCUT2D eigenvalue weighted by molar-refractivity contribution is 6.07. The Kier molecular flexibility index (Phi) is 4.11. The average Bonchev–Trinajstić information content (AvgIpc) is 3.01. The molecule has 0 aliphatic rings. The highest BCUT2D eigenvalue weighted by Crippen LogP contribution is 2.25. The number of hydrogen-bond acceptors (Lipinski definition) is 3. The first-order valence-corrected chi connectivity index (χ1v) is 7.37. The molecule has 0 spiro atoms. The Bertz CT molecular complexity index is 915. The summed E-state index contributed by atoms with van der Waals surface area (Å²) in [5, 5.41) is 2.85. The summed E-state index contributed by atoms with van der Waals surface area (Å²) in [4.78, 5) is 31.2. The third kappa shape index (κ3) is 3.17. The Labute approximate surface area is 138 Å². The number of amides is 2. The number of nitrogens with one attached hydrogen (secondary N) is 2. The molecule has 120 valence electrons. The van der Waals surface area contributed by atoms with Gasteiger partial charge in [0.25, 0.3) is 5.91 Å². The van der Waals surface area contributed by atoms with Crippen LogP contribution in [0.2, 0.25) is 0 Å². The van der Waals surface area contributed by atoms with Gasteiger partial charge >= 0.3 is 0 Å². The Balaban J connectivity index is 1.90. The van der Waals surface area contributed by atoms with Crippen LogP contribution in [0, 0.1) is 6.92 Å². The zero-order chi connectivity index (χ0) is 17.1. The number of carbonyl (C=O) groups is 2. The van der Waals surface area contributed by atoms with Crippen molar-refractivity contribution in [2.45, 2.75) is 6.92 Å². The van der Waals surface area contributed by atoms with Gasteiger partial charge in [-0.05, 0) is 37.3 Å². The van der Waals surface area contributed by atoms with Crippen molar-refractivity contribution in [1.29, 1.82) is 0 Å². The maximum absolute atomic E-state index is 12.5. The van der Waals surface area contributed by atoms with Gasteiger partial charge in [0, 0.05) is 28.6 Å². The average molecular weight is 320 g/mol. The van der Waals surface area contributed by atoms with E-state index in [2.05, 4.69) is 15.3 Å². The maximum atomic E-state index is 12.5. The smallest absolute Gasteiger partial charge is 0.255 e. The van der Waals surface area contributed by atoms with Gasteiger partial charge in [-0.1, -0.05) is 18.2 Å². The lowest BCUT2D eigenvalue weighted by Gasteiger charge is -2.10. The molecule has 1 aromatic heterocycles. The van der Waals surface area contributed by atoms with Crippen LogP contribution in [-0.2, 0) is 0 Å². The van der Waals surface area contributed by atoms with E-state index in [1.807, 2.05) is 25.1 Å². The number of aromatic amines is 1. The van der Waals surface area contributed by atoms with Crippen molar-refractivity contribution in [3.63, 3.8) is 0 Å². The highest BCUT2D eigenvalue weighted by atomic mass is 16.2. The van der Waals surface area contributed by atoms with Crippen LogP contribution in [0.15, 0.2) is 54.7 Å². The fraction of sp³-hybridized carbons (Fsp3) is 0.0556. The molecule has 0 fully saturated rings. The molecule has 2 amide bonds. The summed E-state index contributed by atoms with van der Waals surface area (Å²) in [6, 6.07) is 13.6. The quantitative estimate of drug-likeness (QED) is 0.689. The van der Waals surface area contributed by atoms with Gasteiger partial charge in [-0.25, -0.2) is 4.98 Å². The molecule has 3 rings (SSSR count). The second-order valence-electron chi connectivity index (χ2n) is 5.36. The Morgan fingerprint density at radius 3 is 2.54 bits per heavy atom. The summed E-state index contributed by atoms with van der Waals surface area (Å²) in [5.41, 5.74) is 8.24. The van der Waals surface area contributed by atoms with Crippen LogP contribution in [0.4, 0.5) is 5.69 Å². The number of benzene rings is 2. The number of rotatable bonds is 4. The largest absolute Gasteiger partial charge is 0.366 e. The number of primary amides is 1. The summed E-state index contributed by atoms with van der Waals surface area (Å²) in [7, 11) is 0. The minimum absolute atomic E-state index is 0.289. The predicted molar refractivity (Wildman–Crippen MR) is 91.7 cm³/mol. The van der Waals surface area contributed by atoms with E-state index in [4.69, 9.17) is 5.73 Å². The molecule has 0 aliphatic heterocycles. The molecular weight excluding hydrogens is 304 g/mol. The van der Waals surface area contributed by atoms with E-state index < -0.39 is 5.91 Å². The Morgan fingerprint density at radius 1 is 1.08 bits per heavy atom. The number of aromatic nitrogens is 2. The molecule has 0 bridgehead atoms. The fourth-order valence-corrected chi connectivity index (χ4v) is 2.36. The lowest BCUT2D eigenvalue weighted by atomic mass is 10.1. The molecular formula is C18H16N4O2. The first-order valence-electron chi connectivity index (χ1n) is 7.37. The normalized spacial score (nSPS) is 10.4. The van der Waals surface area contributed by atoms with Crippen LogP contribution < -0.4 is 11.1 Å². The molecule has 3 aromatic rings. The summed E-state index contributed by atoms with van der Waals surface area (Å²) in [6.45, 7) is 1.91. The highest BCUT2D eigenvalue weighted by Gasteiger charge is 2.13. The number of anilines is 1. The lowest BCUT2D eigenvalue weighted by molar-refractivity contribution is 0.1000. The van der Waals surface area contributed by atoms with Crippen LogP contribution in [0.3, 0.4) is 0 Å². The Morgan fingerprint density at radius 2 is 1.83 bits per heavy atom. The van der Waals surface area contributed by atoms with Gasteiger partial charge < -0.3 is 16.0 Å². The van der Waals surface area contributed by atoms with E-state index in [1.54, 1.807) is 30.5 Å². The summed E-state index contributed by atoms with van der Waals surface area (Å²) >= 11 is 0. The number of hydrogen-bond donors (Lipinski definition) is 3. The first kappa shape index (κ1) is 15.5. The number of imidazole rings is 1. The summed E-state index contributed by atoms with van der Waals surface area (Å²) in [5.74, 6) is -0.223. The second-order valence-corrected chi connectivity index (χ2v) is 5.36. The predicted octanol–water partition coefficient (Wildman–Crippen LogP) is 2.74. The lowest BCUT2D eigenvalue weighted by Crippen LogP contribution is -2.15. The molecule has 0 radical (unpaired) electrons. The third-order valence-corrected chi connectivity index (χ3v) is 3.54. The van der Waals surface area contributed by atoms with Crippen molar-refractivity contribution in [3.8, 4) is 11.4 Å². The molecule has 6 nitrogen and oxygen atoms in total. The number of nitrogens with zero attached hydrogens (tertiary/aromatic N) is 1. The third-order valence-electron chi connectivity index (χ3n) is 3.54. The molecule has 4 N–H and O–H groups in total. The van der Waals surface area contributed by atoms with Crippen molar-refractivity contribution in [2.75, 3.05) is 5.32 Å². The zero-order valence-electron chi connectivity index (χ0n) is 13.0. The van der Waals surface area contributed by atoms with Crippen LogP contribution >= 0.6 is 0 Å². The number of nitrogens with two attached hydrogens (primary N) is 1. The minimum atomic E-state index is -0.573.